The van der Waals surface area contributed by atoms with Crippen molar-refractivity contribution in [2.75, 3.05) is 0 Å². The molecule has 0 aliphatic heterocycles. The molecule has 25 heavy (non-hydrogen) atoms. The third kappa shape index (κ3) is 2.46. The summed E-state index contributed by atoms with van der Waals surface area (Å²) in [5.41, 5.74) is 0.606. The predicted octanol–water partition coefficient (Wildman–Crippen LogP) is 2.64. The Bertz CT molecular complexity index is 1090. The Morgan fingerprint density at radius 3 is 2.76 bits per heavy atom. The van der Waals surface area contributed by atoms with Crippen LogP contribution in [0.4, 0.5) is 0 Å². The summed E-state index contributed by atoms with van der Waals surface area (Å²) in [5.74, 6) is 0.0557. The van der Waals surface area contributed by atoms with Gasteiger partial charge in [-0.15, -0.1) is 11.3 Å². The number of thiophene rings is 1. The zero-order chi connectivity index (χ0) is 17.7. The Morgan fingerprint density at radius 2 is 2.08 bits per heavy atom. The third-order valence-electron chi connectivity index (χ3n) is 4.71. The summed E-state index contributed by atoms with van der Waals surface area (Å²) < 4.78 is 1.47. The van der Waals surface area contributed by atoms with E-state index in [1.165, 1.54) is 10.8 Å². The van der Waals surface area contributed by atoms with E-state index >= 15 is 0 Å². The first-order valence-corrected chi connectivity index (χ1v) is 9.08. The lowest BCUT2D eigenvalue weighted by Crippen LogP contribution is -2.33. The van der Waals surface area contributed by atoms with E-state index in [1.54, 1.807) is 11.3 Å². The number of nitrogens with one attached hydrogen (secondary N) is 1. The first kappa shape index (κ1) is 16.0. The topological polar surface area (TPSA) is 84.8 Å². The van der Waals surface area contributed by atoms with Crippen molar-refractivity contribution in [3.8, 4) is 0 Å². The number of carbonyl (C=O) groups excluding carboxylic acids is 1. The van der Waals surface area contributed by atoms with Crippen LogP contribution in [0.2, 0.25) is 0 Å². The van der Waals surface area contributed by atoms with Gasteiger partial charge in [-0.2, -0.15) is 0 Å². The molecule has 0 bridgehead atoms. The molecule has 6 nitrogen and oxygen atoms in total. The molecule has 0 aromatic carbocycles. The number of ketones is 1. The number of aromatic nitrogens is 3. The summed E-state index contributed by atoms with van der Waals surface area (Å²) in [7, 11) is 0. The van der Waals surface area contributed by atoms with Crippen LogP contribution in [0, 0.1) is 0 Å². The van der Waals surface area contributed by atoms with Crippen LogP contribution in [-0.4, -0.2) is 20.3 Å². The number of fused-ring (bicyclic) bond motifs is 3. The SMILES string of the molecule is CC(C)n1c(=O)[nH]c(=O)c2c3c(cnc21)C(=O)C[C@H](c1cccs1)C3. The number of hydrogen-bond acceptors (Lipinski definition) is 5. The Morgan fingerprint density at radius 1 is 1.28 bits per heavy atom. The van der Waals surface area contributed by atoms with Crippen LogP contribution in [0.3, 0.4) is 0 Å². The fourth-order valence-corrected chi connectivity index (χ4v) is 4.41. The van der Waals surface area contributed by atoms with Gasteiger partial charge >= 0.3 is 5.69 Å². The summed E-state index contributed by atoms with van der Waals surface area (Å²) >= 11 is 1.62. The maximum atomic E-state index is 12.6. The van der Waals surface area contributed by atoms with E-state index in [9.17, 15) is 14.4 Å². The molecule has 3 aromatic heterocycles. The lowest BCUT2D eigenvalue weighted by Gasteiger charge is -2.24. The zero-order valence-corrected chi connectivity index (χ0v) is 14.7. The second kappa shape index (κ2) is 5.77. The van der Waals surface area contributed by atoms with Crippen LogP contribution in [0.5, 0.6) is 0 Å². The van der Waals surface area contributed by atoms with E-state index in [4.69, 9.17) is 0 Å². The van der Waals surface area contributed by atoms with Crippen LogP contribution >= 0.6 is 11.3 Å². The first-order valence-electron chi connectivity index (χ1n) is 8.20. The maximum Gasteiger partial charge on any atom is 0.330 e. The second-order valence-electron chi connectivity index (χ2n) is 6.62. The van der Waals surface area contributed by atoms with Crippen LogP contribution in [0.15, 0.2) is 33.3 Å². The van der Waals surface area contributed by atoms with Crippen molar-refractivity contribution in [2.24, 2.45) is 0 Å². The smallest absolute Gasteiger partial charge is 0.294 e. The molecule has 128 valence electrons. The van der Waals surface area contributed by atoms with Gasteiger partial charge in [-0.1, -0.05) is 6.07 Å². The van der Waals surface area contributed by atoms with Gasteiger partial charge in [0, 0.05) is 35.0 Å². The van der Waals surface area contributed by atoms with Crippen molar-refractivity contribution in [1.29, 1.82) is 0 Å². The molecule has 0 unspecified atom stereocenters. The van der Waals surface area contributed by atoms with E-state index in [0.29, 0.717) is 35.0 Å². The Kier molecular flexibility index (Phi) is 3.68. The van der Waals surface area contributed by atoms with Gasteiger partial charge in [-0.3, -0.25) is 19.1 Å². The Balaban J connectivity index is 2.01. The highest BCUT2D eigenvalue weighted by Gasteiger charge is 2.30. The monoisotopic (exact) mass is 355 g/mol. The lowest BCUT2D eigenvalue weighted by molar-refractivity contribution is 0.0964. The van der Waals surface area contributed by atoms with Crippen molar-refractivity contribution in [3.63, 3.8) is 0 Å². The van der Waals surface area contributed by atoms with Crippen molar-refractivity contribution in [3.05, 3.63) is 60.6 Å². The predicted molar refractivity (Wildman–Crippen MR) is 96.7 cm³/mol. The summed E-state index contributed by atoms with van der Waals surface area (Å²) in [4.78, 5) is 45.1. The quantitative estimate of drug-likeness (QED) is 0.766. The molecular formula is C18H17N3O3S. The van der Waals surface area contributed by atoms with Crippen LogP contribution < -0.4 is 11.2 Å². The molecule has 1 atom stereocenters. The van der Waals surface area contributed by atoms with E-state index in [-0.39, 0.29) is 17.7 Å². The van der Waals surface area contributed by atoms with Gasteiger partial charge in [-0.25, -0.2) is 9.78 Å². The van der Waals surface area contributed by atoms with Gasteiger partial charge in [-0.05, 0) is 37.3 Å². The number of pyridine rings is 1. The number of rotatable bonds is 2. The van der Waals surface area contributed by atoms with Crippen molar-refractivity contribution in [1.82, 2.24) is 14.5 Å². The average Bonchev–Trinajstić information content (AvgIpc) is 3.08. The van der Waals surface area contributed by atoms with Crippen molar-refractivity contribution < 1.29 is 4.79 Å². The van der Waals surface area contributed by atoms with Gasteiger partial charge in [0.2, 0.25) is 0 Å². The van der Waals surface area contributed by atoms with Crippen molar-refractivity contribution >= 4 is 28.2 Å². The summed E-state index contributed by atoms with van der Waals surface area (Å²) in [6, 6.07) is 3.84. The van der Waals surface area contributed by atoms with Gasteiger partial charge < -0.3 is 0 Å². The fraction of sp³-hybridized carbons (Fsp3) is 0.333. The minimum atomic E-state index is -0.475. The average molecular weight is 355 g/mol. The standard InChI is InChI=1S/C18H17N3O3S/c1-9(2)21-16-15(17(23)20-18(21)24)11-6-10(14-4-3-5-25-14)7-13(22)12(11)8-19-16/h3-5,8-10H,6-7H2,1-2H3,(H,20,23,24)/t10-/m1/s1. The van der Waals surface area contributed by atoms with Gasteiger partial charge in [0.05, 0.1) is 5.39 Å². The van der Waals surface area contributed by atoms with Crippen LogP contribution in [0.25, 0.3) is 11.0 Å². The molecule has 7 heteroatoms. The molecule has 0 saturated heterocycles. The fourth-order valence-electron chi connectivity index (χ4n) is 3.58. The van der Waals surface area contributed by atoms with E-state index in [0.717, 1.165) is 4.88 Å². The number of H-pyrrole nitrogens is 1. The van der Waals surface area contributed by atoms with Crippen LogP contribution in [-0.2, 0) is 6.42 Å². The van der Waals surface area contributed by atoms with Gasteiger partial charge in [0.1, 0.15) is 5.65 Å². The minimum absolute atomic E-state index is 0.00394. The van der Waals surface area contributed by atoms with Crippen molar-refractivity contribution in [2.45, 2.75) is 38.6 Å². The minimum Gasteiger partial charge on any atom is -0.294 e. The van der Waals surface area contributed by atoms with E-state index in [2.05, 4.69) is 9.97 Å². The highest BCUT2D eigenvalue weighted by molar-refractivity contribution is 7.10. The van der Waals surface area contributed by atoms with Crippen LogP contribution in [0.1, 0.15) is 53.0 Å². The molecule has 3 aromatic rings. The van der Waals surface area contributed by atoms with E-state index in [1.807, 2.05) is 31.4 Å². The number of nitrogens with zero attached hydrogens (tertiary/aromatic N) is 2. The number of Topliss-reactive ketones (excluding diaryl/α,β-unsaturated/α-hetero) is 1. The molecule has 0 spiro atoms. The molecule has 0 saturated carbocycles. The van der Waals surface area contributed by atoms with E-state index < -0.39 is 11.2 Å². The lowest BCUT2D eigenvalue weighted by atomic mass is 9.82. The highest BCUT2D eigenvalue weighted by atomic mass is 32.1. The number of hydrogen-bond donors (Lipinski definition) is 1. The largest absolute Gasteiger partial charge is 0.330 e. The third-order valence-corrected chi connectivity index (χ3v) is 5.74. The van der Waals surface area contributed by atoms with Gasteiger partial charge in [0.15, 0.2) is 5.78 Å². The number of carbonyl (C=O) groups is 1. The maximum absolute atomic E-state index is 12.6. The van der Waals surface area contributed by atoms with Gasteiger partial charge in [0.25, 0.3) is 5.56 Å². The Labute approximate surface area is 147 Å². The molecule has 4 rings (SSSR count). The molecule has 0 radical (unpaired) electrons. The molecule has 1 aliphatic rings. The first-order chi connectivity index (χ1) is 12.0. The molecule has 3 heterocycles. The molecule has 1 N–H and O–H groups in total. The second-order valence-corrected chi connectivity index (χ2v) is 7.60. The zero-order valence-electron chi connectivity index (χ0n) is 13.9. The number of aromatic amines is 1. The Hall–Kier alpha value is -2.54. The molecule has 0 fully saturated rings. The summed E-state index contributed by atoms with van der Waals surface area (Å²) in [6.45, 7) is 3.72. The molecule has 0 amide bonds. The molecular weight excluding hydrogens is 338 g/mol. The normalized spacial score (nSPS) is 17.2. The highest BCUT2D eigenvalue weighted by Crippen LogP contribution is 2.36. The summed E-state index contributed by atoms with van der Waals surface area (Å²) in [6.07, 6.45) is 2.53. The molecule has 1 aliphatic carbocycles. The summed E-state index contributed by atoms with van der Waals surface area (Å²) in [5, 5.41) is 2.35.